The van der Waals surface area contributed by atoms with E-state index in [9.17, 15) is 13.2 Å². The molecule has 25 heavy (non-hydrogen) atoms. The number of H-pyrrole nitrogens is 1. The van der Waals surface area contributed by atoms with Gasteiger partial charge in [0.25, 0.3) is 0 Å². The smallest absolute Gasteiger partial charge is 0.345 e. The highest BCUT2D eigenvalue weighted by molar-refractivity contribution is 5.64. The van der Waals surface area contributed by atoms with E-state index in [0.29, 0.717) is 12.8 Å². The second kappa shape index (κ2) is 6.74. The molecule has 3 rings (SSSR count). The summed E-state index contributed by atoms with van der Waals surface area (Å²) >= 11 is 0. The van der Waals surface area contributed by atoms with Crippen molar-refractivity contribution in [3.8, 4) is 11.3 Å². The summed E-state index contributed by atoms with van der Waals surface area (Å²) < 4.78 is 39.8. The number of aromatic nitrogens is 4. The van der Waals surface area contributed by atoms with Gasteiger partial charge in [-0.25, -0.2) is 4.98 Å². The Hall–Kier alpha value is -2.57. The molecule has 4 nitrogen and oxygen atoms in total. The van der Waals surface area contributed by atoms with Gasteiger partial charge in [-0.3, -0.25) is 4.68 Å². The number of halogens is 3. The highest BCUT2D eigenvalue weighted by atomic mass is 19.4. The number of benzene rings is 1. The first-order valence-corrected chi connectivity index (χ1v) is 8.09. The Morgan fingerprint density at radius 3 is 2.40 bits per heavy atom. The number of nitrogens with zero attached hydrogens (tertiary/aromatic N) is 3. The van der Waals surface area contributed by atoms with Crippen LogP contribution in [0.25, 0.3) is 11.3 Å². The number of hydrogen-bond donors (Lipinski definition) is 1. The van der Waals surface area contributed by atoms with Gasteiger partial charge in [-0.2, -0.15) is 18.3 Å². The lowest BCUT2D eigenvalue weighted by molar-refractivity contribution is -0.137. The average molecular weight is 348 g/mol. The summed E-state index contributed by atoms with van der Waals surface area (Å²) in [5, 5.41) is 4.56. The standard InChI is InChI=1S/C18H19F3N4/c1-3-14-17(15-10-22-11-23-15)16(25(2)24-14)9-6-12-4-7-13(8-5-12)18(19,20)21/h4-5,7-8,10-11H,3,6,9H2,1-2H3,(H,22,23). The SMILES string of the molecule is CCc1nn(C)c(CCc2ccc(C(F)(F)F)cc2)c1-c1cnc[nH]1. The van der Waals surface area contributed by atoms with Crippen molar-refractivity contribution in [1.29, 1.82) is 0 Å². The van der Waals surface area contributed by atoms with Crippen LogP contribution in [0.15, 0.2) is 36.8 Å². The van der Waals surface area contributed by atoms with Crippen molar-refractivity contribution in [2.45, 2.75) is 32.4 Å². The molecule has 1 N–H and O–H groups in total. The number of alkyl halides is 3. The number of rotatable bonds is 5. The Balaban J connectivity index is 1.83. The van der Waals surface area contributed by atoms with Gasteiger partial charge in [0.15, 0.2) is 0 Å². The Morgan fingerprint density at radius 1 is 1.12 bits per heavy atom. The number of imidazole rings is 1. The molecule has 132 valence electrons. The summed E-state index contributed by atoms with van der Waals surface area (Å²) in [7, 11) is 1.89. The third-order valence-electron chi connectivity index (χ3n) is 4.27. The molecule has 0 amide bonds. The van der Waals surface area contributed by atoms with Crippen LogP contribution < -0.4 is 0 Å². The third kappa shape index (κ3) is 3.60. The molecule has 0 aliphatic rings. The van der Waals surface area contributed by atoms with Crippen molar-refractivity contribution in [2.24, 2.45) is 7.05 Å². The summed E-state index contributed by atoms with van der Waals surface area (Å²) in [5.41, 5.74) is 4.21. The first-order chi connectivity index (χ1) is 11.9. The van der Waals surface area contributed by atoms with Crippen molar-refractivity contribution in [2.75, 3.05) is 0 Å². The average Bonchev–Trinajstić information content (AvgIpc) is 3.19. The summed E-state index contributed by atoms with van der Waals surface area (Å²) in [5.74, 6) is 0. The lowest BCUT2D eigenvalue weighted by atomic mass is 10.0. The first-order valence-electron chi connectivity index (χ1n) is 8.09. The number of aryl methyl sites for hydroxylation is 3. The molecule has 0 fully saturated rings. The normalized spacial score (nSPS) is 11.9. The van der Waals surface area contributed by atoms with Crippen molar-refractivity contribution >= 4 is 0 Å². The number of aromatic amines is 1. The van der Waals surface area contributed by atoms with E-state index < -0.39 is 11.7 Å². The zero-order valence-electron chi connectivity index (χ0n) is 14.1. The minimum Gasteiger partial charge on any atom is -0.345 e. The zero-order chi connectivity index (χ0) is 18.0. The molecule has 2 heterocycles. The van der Waals surface area contributed by atoms with Crippen LogP contribution in [-0.2, 0) is 32.5 Å². The minimum atomic E-state index is -4.30. The van der Waals surface area contributed by atoms with Crippen molar-refractivity contribution in [3.63, 3.8) is 0 Å². The molecule has 0 saturated heterocycles. The third-order valence-corrected chi connectivity index (χ3v) is 4.27. The quantitative estimate of drug-likeness (QED) is 0.752. The van der Waals surface area contributed by atoms with Crippen LogP contribution in [0.4, 0.5) is 13.2 Å². The lowest BCUT2D eigenvalue weighted by Gasteiger charge is -2.09. The number of hydrogen-bond acceptors (Lipinski definition) is 2. The molecule has 1 aromatic carbocycles. The van der Waals surface area contributed by atoms with E-state index in [1.165, 1.54) is 12.1 Å². The molecule has 2 aromatic heterocycles. The number of nitrogens with one attached hydrogen (secondary N) is 1. The molecule has 0 atom stereocenters. The summed E-state index contributed by atoms with van der Waals surface area (Å²) in [6.45, 7) is 2.04. The van der Waals surface area contributed by atoms with Crippen molar-refractivity contribution < 1.29 is 13.2 Å². The molecule has 3 aromatic rings. The molecule has 0 saturated carbocycles. The van der Waals surface area contributed by atoms with Gasteiger partial charge in [0.2, 0.25) is 0 Å². The highest BCUT2D eigenvalue weighted by Gasteiger charge is 2.29. The maximum Gasteiger partial charge on any atom is 0.416 e. The van der Waals surface area contributed by atoms with E-state index in [1.807, 2.05) is 18.7 Å². The monoisotopic (exact) mass is 348 g/mol. The van der Waals surface area contributed by atoms with Gasteiger partial charge in [0.1, 0.15) is 0 Å². The largest absolute Gasteiger partial charge is 0.416 e. The summed E-state index contributed by atoms with van der Waals surface area (Å²) in [4.78, 5) is 7.19. The van der Waals surface area contributed by atoms with Gasteiger partial charge in [-0.1, -0.05) is 19.1 Å². The van der Waals surface area contributed by atoms with E-state index >= 15 is 0 Å². The summed E-state index contributed by atoms with van der Waals surface area (Å²) in [6, 6.07) is 5.34. The maximum absolute atomic E-state index is 12.7. The van der Waals surface area contributed by atoms with Gasteiger partial charge in [-0.05, 0) is 37.0 Å². The van der Waals surface area contributed by atoms with Crippen LogP contribution in [0.3, 0.4) is 0 Å². The lowest BCUT2D eigenvalue weighted by Crippen LogP contribution is -2.05. The fourth-order valence-corrected chi connectivity index (χ4v) is 2.98. The Bertz CT molecular complexity index is 831. The molecule has 0 radical (unpaired) electrons. The van der Waals surface area contributed by atoms with Gasteiger partial charge in [0.05, 0.1) is 29.5 Å². The predicted molar refractivity (Wildman–Crippen MR) is 89.0 cm³/mol. The highest BCUT2D eigenvalue weighted by Crippen LogP contribution is 2.30. The van der Waals surface area contributed by atoms with Crippen LogP contribution in [0.5, 0.6) is 0 Å². The van der Waals surface area contributed by atoms with E-state index in [4.69, 9.17) is 0 Å². The molecular weight excluding hydrogens is 329 g/mol. The maximum atomic E-state index is 12.7. The topological polar surface area (TPSA) is 46.5 Å². The Kier molecular flexibility index (Phi) is 4.65. The van der Waals surface area contributed by atoms with Gasteiger partial charge >= 0.3 is 6.18 Å². The van der Waals surface area contributed by atoms with E-state index in [0.717, 1.165) is 46.8 Å². The molecule has 7 heteroatoms. The Morgan fingerprint density at radius 2 is 1.84 bits per heavy atom. The summed E-state index contributed by atoms with van der Waals surface area (Å²) in [6.07, 6.45) is 1.21. The molecule has 0 aliphatic heterocycles. The minimum absolute atomic E-state index is 0.622. The molecular formula is C18H19F3N4. The van der Waals surface area contributed by atoms with Crippen LogP contribution in [0.1, 0.15) is 29.4 Å². The predicted octanol–water partition coefficient (Wildman–Crippen LogP) is 4.18. The fraction of sp³-hybridized carbons (Fsp3) is 0.333. The second-order valence-corrected chi connectivity index (χ2v) is 5.91. The molecule has 0 spiro atoms. The zero-order valence-corrected chi connectivity index (χ0v) is 14.1. The van der Waals surface area contributed by atoms with Gasteiger partial charge in [0, 0.05) is 18.3 Å². The van der Waals surface area contributed by atoms with Crippen molar-refractivity contribution in [3.05, 3.63) is 59.3 Å². The van der Waals surface area contributed by atoms with E-state index in [2.05, 4.69) is 15.1 Å². The first kappa shape index (κ1) is 17.3. The second-order valence-electron chi connectivity index (χ2n) is 5.91. The van der Waals surface area contributed by atoms with Crippen molar-refractivity contribution in [1.82, 2.24) is 19.7 Å². The van der Waals surface area contributed by atoms with Gasteiger partial charge < -0.3 is 4.98 Å². The van der Waals surface area contributed by atoms with Crippen LogP contribution in [-0.4, -0.2) is 19.7 Å². The fourth-order valence-electron chi connectivity index (χ4n) is 2.98. The Labute approximate surface area is 143 Å². The molecule has 0 aliphatic carbocycles. The van der Waals surface area contributed by atoms with E-state index in [1.54, 1.807) is 12.5 Å². The molecule has 0 unspecified atom stereocenters. The van der Waals surface area contributed by atoms with Crippen LogP contribution >= 0.6 is 0 Å². The van der Waals surface area contributed by atoms with Crippen LogP contribution in [0, 0.1) is 0 Å². The van der Waals surface area contributed by atoms with Crippen LogP contribution in [0.2, 0.25) is 0 Å². The van der Waals surface area contributed by atoms with E-state index in [-0.39, 0.29) is 0 Å². The molecule has 0 bridgehead atoms. The van der Waals surface area contributed by atoms with Gasteiger partial charge in [-0.15, -0.1) is 0 Å².